The highest BCUT2D eigenvalue weighted by atomic mass is 16.6. The number of piperidine rings is 1. The molecule has 2 aliphatic heterocycles. The van der Waals surface area contributed by atoms with Gasteiger partial charge in [0.1, 0.15) is 12.2 Å². The van der Waals surface area contributed by atoms with E-state index in [0.717, 1.165) is 63.7 Å². The smallest absolute Gasteiger partial charge is 0.416 e. The summed E-state index contributed by atoms with van der Waals surface area (Å²) in [6.07, 6.45) is 11.2. The van der Waals surface area contributed by atoms with Crippen LogP contribution in [0, 0.1) is 5.92 Å². The molecule has 0 N–H and O–H groups in total. The summed E-state index contributed by atoms with van der Waals surface area (Å²) < 4.78 is 10.7. The molecule has 8 heteroatoms. The van der Waals surface area contributed by atoms with Gasteiger partial charge >= 0.3 is 6.09 Å². The number of carbonyl (C=O) groups excluding carboxylic acids is 2. The van der Waals surface area contributed by atoms with Crippen LogP contribution < -0.4 is 4.90 Å². The van der Waals surface area contributed by atoms with E-state index in [-0.39, 0.29) is 24.2 Å². The number of hydrogen-bond donors (Lipinski definition) is 0. The van der Waals surface area contributed by atoms with Gasteiger partial charge in [0.25, 0.3) is 0 Å². The molecule has 1 aromatic heterocycles. The number of anilines is 1. The zero-order chi connectivity index (χ0) is 20.3. The fourth-order valence-electron chi connectivity index (χ4n) is 4.75. The Morgan fingerprint density at radius 2 is 1.97 bits per heavy atom. The first-order valence-electron chi connectivity index (χ1n) is 10.7. The summed E-state index contributed by atoms with van der Waals surface area (Å²) in [4.78, 5) is 36.8. The van der Waals surface area contributed by atoms with Crippen molar-refractivity contribution in [3.8, 4) is 0 Å². The van der Waals surface area contributed by atoms with Gasteiger partial charge in [0.05, 0.1) is 24.6 Å². The second-order valence-corrected chi connectivity index (χ2v) is 8.53. The van der Waals surface area contributed by atoms with E-state index >= 15 is 0 Å². The Morgan fingerprint density at radius 3 is 2.62 bits per heavy atom. The molecule has 0 atom stereocenters. The van der Waals surface area contributed by atoms with Gasteiger partial charge in [-0.05, 0) is 50.9 Å². The van der Waals surface area contributed by atoms with Crippen LogP contribution in [0.4, 0.5) is 10.6 Å². The summed E-state index contributed by atoms with van der Waals surface area (Å²) in [5.41, 5.74) is 0.597. The van der Waals surface area contributed by atoms with E-state index < -0.39 is 0 Å². The Bertz CT molecular complexity index is 725. The molecule has 0 radical (unpaired) electrons. The van der Waals surface area contributed by atoms with Crippen LogP contribution in [-0.4, -0.2) is 65.8 Å². The Morgan fingerprint density at radius 1 is 1.21 bits per heavy atom. The number of methoxy groups -OCH3 is 1. The minimum atomic E-state index is -0.329. The number of nitrogens with zero attached hydrogens (tertiary/aromatic N) is 4. The van der Waals surface area contributed by atoms with E-state index in [1.165, 1.54) is 6.42 Å². The van der Waals surface area contributed by atoms with Crippen molar-refractivity contribution >= 4 is 17.8 Å². The molecule has 1 aliphatic carbocycles. The highest BCUT2D eigenvalue weighted by Crippen LogP contribution is 2.38. The molecule has 3 heterocycles. The lowest BCUT2D eigenvalue weighted by Crippen LogP contribution is -2.40. The monoisotopic (exact) mass is 402 g/mol. The molecule has 1 aromatic rings. The molecule has 1 saturated carbocycles. The average Bonchev–Trinajstić information content (AvgIpc) is 3.05. The van der Waals surface area contributed by atoms with Gasteiger partial charge in [0.15, 0.2) is 5.82 Å². The topological polar surface area (TPSA) is 84.9 Å². The van der Waals surface area contributed by atoms with Gasteiger partial charge in [0.2, 0.25) is 5.91 Å². The van der Waals surface area contributed by atoms with Crippen LogP contribution in [-0.2, 0) is 20.7 Å². The molecule has 2 amide bonds. The van der Waals surface area contributed by atoms with Crippen molar-refractivity contribution in [2.75, 3.05) is 38.3 Å². The third-order valence-corrected chi connectivity index (χ3v) is 6.44. The van der Waals surface area contributed by atoms with Crippen LogP contribution in [0.5, 0.6) is 0 Å². The second kappa shape index (κ2) is 8.65. The molecule has 0 aromatic carbocycles. The molecular weight excluding hydrogens is 372 g/mol. The summed E-state index contributed by atoms with van der Waals surface area (Å²) in [6.45, 7) is 2.26. The molecule has 3 aliphatic rings. The van der Waals surface area contributed by atoms with E-state index in [2.05, 4.69) is 9.97 Å². The minimum Gasteiger partial charge on any atom is -0.441 e. The van der Waals surface area contributed by atoms with Crippen molar-refractivity contribution in [1.29, 1.82) is 0 Å². The van der Waals surface area contributed by atoms with Crippen molar-refractivity contribution < 1.29 is 19.1 Å². The summed E-state index contributed by atoms with van der Waals surface area (Å²) in [5, 5.41) is 0. The summed E-state index contributed by atoms with van der Waals surface area (Å²) in [7, 11) is 1.55. The standard InChI is InChI=1S/C21H30N4O4/c1-28-14-19(26)24-9-5-16(6-10-24)11-17-12-23-18(13-22-17)25-15-21(29-20(25)27)7-3-2-4-8-21/h12-13,16H,2-11,14-15H2,1H3. The number of aromatic nitrogens is 2. The van der Waals surface area contributed by atoms with Gasteiger partial charge in [-0.25, -0.2) is 9.78 Å². The molecule has 4 rings (SSSR count). The normalized spacial score (nSPS) is 22.2. The lowest BCUT2D eigenvalue weighted by Gasteiger charge is -2.31. The highest BCUT2D eigenvalue weighted by Gasteiger charge is 2.46. The van der Waals surface area contributed by atoms with Crippen LogP contribution in [0.15, 0.2) is 12.4 Å². The van der Waals surface area contributed by atoms with Gasteiger partial charge in [-0.3, -0.25) is 14.7 Å². The Kier molecular flexibility index (Phi) is 5.99. The van der Waals surface area contributed by atoms with Crippen molar-refractivity contribution in [3.05, 3.63) is 18.1 Å². The lowest BCUT2D eigenvalue weighted by molar-refractivity contribution is -0.136. The van der Waals surface area contributed by atoms with Gasteiger partial charge in [-0.15, -0.1) is 0 Å². The highest BCUT2D eigenvalue weighted by molar-refractivity contribution is 5.89. The molecular formula is C21H30N4O4. The zero-order valence-corrected chi connectivity index (χ0v) is 17.1. The zero-order valence-electron chi connectivity index (χ0n) is 17.1. The predicted octanol–water partition coefficient (Wildman–Crippen LogP) is 2.56. The molecule has 3 fully saturated rings. The summed E-state index contributed by atoms with van der Waals surface area (Å²) in [5.74, 6) is 1.12. The van der Waals surface area contributed by atoms with Crippen LogP contribution in [0.25, 0.3) is 0 Å². The molecule has 1 spiro atoms. The van der Waals surface area contributed by atoms with E-state index in [9.17, 15) is 9.59 Å². The van der Waals surface area contributed by atoms with Crippen molar-refractivity contribution in [2.24, 2.45) is 5.92 Å². The molecule has 158 valence electrons. The first-order valence-corrected chi connectivity index (χ1v) is 10.7. The van der Waals surface area contributed by atoms with Gasteiger partial charge in [-0.2, -0.15) is 0 Å². The summed E-state index contributed by atoms with van der Waals surface area (Å²) >= 11 is 0. The quantitative estimate of drug-likeness (QED) is 0.753. The maximum atomic E-state index is 12.4. The van der Waals surface area contributed by atoms with Gasteiger partial charge in [0, 0.05) is 20.2 Å². The Labute approximate surface area is 171 Å². The van der Waals surface area contributed by atoms with E-state index in [0.29, 0.717) is 18.3 Å². The maximum absolute atomic E-state index is 12.4. The first-order chi connectivity index (χ1) is 14.1. The number of rotatable bonds is 5. The second-order valence-electron chi connectivity index (χ2n) is 8.53. The molecule has 29 heavy (non-hydrogen) atoms. The summed E-state index contributed by atoms with van der Waals surface area (Å²) in [6, 6.07) is 0. The minimum absolute atomic E-state index is 0.0586. The molecule has 2 saturated heterocycles. The Hall–Kier alpha value is -2.22. The predicted molar refractivity (Wildman–Crippen MR) is 107 cm³/mol. The van der Waals surface area contributed by atoms with Crippen molar-refractivity contribution in [1.82, 2.24) is 14.9 Å². The van der Waals surface area contributed by atoms with E-state index in [1.807, 2.05) is 4.90 Å². The van der Waals surface area contributed by atoms with Crippen LogP contribution >= 0.6 is 0 Å². The van der Waals surface area contributed by atoms with Crippen molar-refractivity contribution in [2.45, 2.75) is 57.0 Å². The third-order valence-electron chi connectivity index (χ3n) is 6.44. The lowest BCUT2D eigenvalue weighted by atomic mass is 9.85. The maximum Gasteiger partial charge on any atom is 0.416 e. The SMILES string of the molecule is COCC(=O)N1CCC(Cc2cnc(N3CC4(CCCCC4)OC3=O)cn2)CC1. The van der Waals surface area contributed by atoms with Crippen LogP contribution in [0.2, 0.25) is 0 Å². The number of ether oxygens (including phenoxy) is 2. The first kappa shape index (κ1) is 20.1. The average molecular weight is 402 g/mol. The Balaban J connectivity index is 1.31. The molecule has 8 nitrogen and oxygen atoms in total. The van der Waals surface area contributed by atoms with Gasteiger partial charge < -0.3 is 14.4 Å². The largest absolute Gasteiger partial charge is 0.441 e. The fraction of sp³-hybridized carbons (Fsp3) is 0.714. The van der Waals surface area contributed by atoms with Gasteiger partial charge in [-0.1, -0.05) is 6.42 Å². The number of amides is 2. The molecule has 0 bridgehead atoms. The number of hydrogen-bond acceptors (Lipinski definition) is 6. The van der Waals surface area contributed by atoms with Crippen LogP contribution in [0.3, 0.4) is 0 Å². The van der Waals surface area contributed by atoms with Crippen molar-refractivity contribution in [3.63, 3.8) is 0 Å². The van der Waals surface area contributed by atoms with E-state index in [4.69, 9.17) is 9.47 Å². The fourth-order valence-corrected chi connectivity index (χ4v) is 4.75. The number of likely N-dealkylation sites (tertiary alicyclic amines) is 1. The van der Waals surface area contributed by atoms with Crippen LogP contribution in [0.1, 0.15) is 50.6 Å². The number of carbonyl (C=O) groups is 2. The molecule has 0 unspecified atom stereocenters. The third kappa shape index (κ3) is 4.52. The van der Waals surface area contributed by atoms with E-state index in [1.54, 1.807) is 24.4 Å².